The van der Waals surface area contributed by atoms with Crippen molar-refractivity contribution in [2.24, 2.45) is 5.92 Å². The van der Waals surface area contributed by atoms with Gasteiger partial charge in [-0.1, -0.05) is 0 Å². The van der Waals surface area contributed by atoms with Gasteiger partial charge in [0.1, 0.15) is 0 Å². The molecule has 2 N–H and O–H groups in total. The second kappa shape index (κ2) is 6.06. The Hall–Kier alpha value is -1.56. The van der Waals surface area contributed by atoms with Crippen molar-refractivity contribution in [2.45, 2.75) is 19.8 Å². The number of nitrogens with zero attached hydrogens (tertiary/aromatic N) is 1. The first-order valence-electron chi connectivity index (χ1n) is 6.38. The SMILES string of the molecule is Cc1cscc1NC(=O)NCCC1CC(=O)N(C)C1. The van der Waals surface area contributed by atoms with E-state index < -0.39 is 0 Å². The van der Waals surface area contributed by atoms with E-state index in [0.29, 0.717) is 18.9 Å². The third-order valence-electron chi connectivity index (χ3n) is 3.36. The highest BCUT2D eigenvalue weighted by Gasteiger charge is 2.26. The van der Waals surface area contributed by atoms with Gasteiger partial charge in [0.25, 0.3) is 0 Å². The number of thiophene rings is 1. The predicted octanol–water partition coefficient (Wildman–Crippen LogP) is 2.05. The number of anilines is 1. The molecule has 19 heavy (non-hydrogen) atoms. The molecule has 2 heterocycles. The molecule has 0 aliphatic carbocycles. The molecule has 104 valence electrons. The number of urea groups is 1. The summed E-state index contributed by atoms with van der Waals surface area (Å²) >= 11 is 1.57. The number of nitrogens with one attached hydrogen (secondary N) is 2. The summed E-state index contributed by atoms with van der Waals surface area (Å²) in [6.07, 6.45) is 1.44. The van der Waals surface area contributed by atoms with Gasteiger partial charge in [-0.15, -0.1) is 11.3 Å². The van der Waals surface area contributed by atoms with Crippen molar-refractivity contribution >= 4 is 29.0 Å². The summed E-state index contributed by atoms with van der Waals surface area (Å²) in [5.74, 6) is 0.559. The van der Waals surface area contributed by atoms with E-state index in [4.69, 9.17) is 0 Å². The zero-order chi connectivity index (χ0) is 13.8. The molecule has 5 nitrogen and oxygen atoms in total. The fourth-order valence-electron chi connectivity index (χ4n) is 2.19. The molecule has 0 spiro atoms. The smallest absolute Gasteiger partial charge is 0.319 e. The van der Waals surface area contributed by atoms with E-state index in [1.165, 1.54) is 0 Å². The zero-order valence-electron chi connectivity index (χ0n) is 11.2. The molecule has 0 aromatic carbocycles. The van der Waals surface area contributed by atoms with E-state index in [1.807, 2.05) is 24.7 Å². The highest BCUT2D eigenvalue weighted by atomic mass is 32.1. The molecule has 1 fully saturated rings. The Morgan fingerprint density at radius 1 is 1.53 bits per heavy atom. The molecule has 1 aliphatic heterocycles. The Bertz CT molecular complexity index is 472. The Labute approximate surface area is 117 Å². The summed E-state index contributed by atoms with van der Waals surface area (Å²) in [6, 6.07) is -0.181. The monoisotopic (exact) mass is 281 g/mol. The predicted molar refractivity (Wildman–Crippen MR) is 76.4 cm³/mol. The largest absolute Gasteiger partial charge is 0.345 e. The molecule has 0 saturated carbocycles. The summed E-state index contributed by atoms with van der Waals surface area (Å²) in [5.41, 5.74) is 1.93. The maximum Gasteiger partial charge on any atom is 0.319 e. The molecule has 0 radical (unpaired) electrons. The van der Waals surface area contributed by atoms with Crippen LogP contribution in [0.4, 0.5) is 10.5 Å². The van der Waals surface area contributed by atoms with Crippen LogP contribution in [-0.2, 0) is 4.79 Å². The van der Waals surface area contributed by atoms with E-state index in [0.717, 1.165) is 24.2 Å². The van der Waals surface area contributed by atoms with Crippen molar-refractivity contribution in [1.82, 2.24) is 10.2 Å². The van der Waals surface area contributed by atoms with Crippen LogP contribution < -0.4 is 10.6 Å². The van der Waals surface area contributed by atoms with Crippen LogP contribution >= 0.6 is 11.3 Å². The van der Waals surface area contributed by atoms with E-state index >= 15 is 0 Å². The number of hydrogen-bond donors (Lipinski definition) is 2. The molecule has 1 aliphatic rings. The molecule has 6 heteroatoms. The number of rotatable bonds is 4. The first-order valence-corrected chi connectivity index (χ1v) is 7.32. The lowest BCUT2D eigenvalue weighted by Crippen LogP contribution is -2.30. The Kier molecular flexibility index (Phi) is 4.42. The molecule has 0 bridgehead atoms. The maximum absolute atomic E-state index is 11.7. The number of amides is 3. The number of carbonyl (C=O) groups is 2. The van der Waals surface area contributed by atoms with Crippen molar-refractivity contribution in [3.8, 4) is 0 Å². The lowest BCUT2D eigenvalue weighted by atomic mass is 10.1. The summed E-state index contributed by atoms with van der Waals surface area (Å²) in [6.45, 7) is 3.36. The van der Waals surface area contributed by atoms with Gasteiger partial charge in [0.15, 0.2) is 0 Å². The number of aryl methyl sites for hydroxylation is 1. The molecule has 1 unspecified atom stereocenters. The molecular formula is C13H19N3O2S. The number of carbonyl (C=O) groups excluding carboxylic acids is 2. The van der Waals surface area contributed by atoms with Crippen LogP contribution in [0.2, 0.25) is 0 Å². The summed E-state index contributed by atoms with van der Waals surface area (Å²) < 4.78 is 0. The first kappa shape index (κ1) is 13.9. The van der Waals surface area contributed by atoms with Crippen LogP contribution in [0.5, 0.6) is 0 Å². The second-order valence-electron chi connectivity index (χ2n) is 4.98. The molecule has 2 rings (SSSR count). The second-order valence-corrected chi connectivity index (χ2v) is 5.73. The quantitative estimate of drug-likeness (QED) is 0.887. The normalized spacial score (nSPS) is 18.7. The van der Waals surface area contributed by atoms with E-state index in [9.17, 15) is 9.59 Å². The van der Waals surface area contributed by atoms with Crippen LogP contribution in [0.15, 0.2) is 10.8 Å². The van der Waals surface area contributed by atoms with Crippen molar-refractivity contribution in [3.05, 3.63) is 16.3 Å². The lowest BCUT2D eigenvalue weighted by molar-refractivity contribution is -0.126. The molecule has 1 saturated heterocycles. The summed E-state index contributed by atoms with van der Waals surface area (Å²) in [7, 11) is 1.82. The number of hydrogen-bond acceptors (Lipinski definition) is 3. The van der Waals surface area contributed by atoms with Gasteiger partial charge in [-0.25, -0.2) is 4.79 Å². The fourth-order valence-corrected chi connectivity index (χ4v) is 2.97. The van der Waals surface area contributed by atoms with Crippen molar-refractivity contribution in [2.75, 3.05) is 25.5 Å². The average molecular weight is 281 g/mol. The summed E-state index contributed by atoms with van der Waals surface area (Å²) in [5, 5.41) is 9.56. The summed E-state index contributed by atoms with van der Waals surface area (Å²) in [4.78, 5) is 24.8. The Morgan fingerprint density at radius 3 is 2.89 bits per heavy atom. The Morgan fingerprint density at radius 2 is 2.32 bits per heavy atom. The third-order valence-corrected chi connectivity index (χ3v) is 4.22. The lowest BCUT2D eigenvalue weighted by Gasteiger charge is -2.11. The Balaban J connectivity index is 1.67. The van der Waals surface area contributed by atoms with Crippen LogP contribution in [0, 0.1) is 12.8 Å². The van der Waals surface area contributed by atoms with Crippen LogP contribution in [-0.4, -0.2) is 37.0 Å². The zero-order valence-corrected chi connectivity index (χ0v) is 12.0. The van der Waals surface area contributed by atoms with Crippen molar-refractivity contribution < 1.29 is 9.59 Å². The average Bonchev–Trinajstić information content (AvgIpc) is 2.87. The van der Waals surface area contributed by atoms with Gasteiger partial charge in [-0.2, -0.15) is 0 Å². The van der Waals surface area contributed by atoms with Gasteiger partial charge in [0.05, 0.1) is 5.69 Å². The number of likely N-dealkylation sites (tertiary alicyclic amines) is 1. The topological polar surface area (TPSA) is 61.4 Å². The molecular weight excluding hydrogens is 262 g/mol. The first-order chi connectivity index (χ1) is 9.06. The molecule has 1 aromatic rings. The van der Waals surface area contributed by atoms with E-state index in [1.54, 1.807) is 16.2 Å². The van der Waals surface area contributed by atoms with Gasteiger partial charge in [0, 0.05) is 31.9 Å². The standard InChI is InChI=1S/C13H19N3O2S/c1-9-7-19-8-11(9)15-13(18)14-4-3-10-5-12(17)16(2)6-10/h7-8,10H,3-6H2,1-2H3,(H2,14,15,18). The van der Waals surface area contributed by atoms with Gasteiger partial charge < -0.3 is 15.5 Å². The molecule has 3 amide bonds. The van der Waals surface area contributed by atoms with Gasteiger partial charge in [-0.05, 0) is 30.2 Å². The van der Waals surface area contributed by atoms with Crippen LogP contribution in [0.1, 0.15) is 18.4 Å². The third kappa shape index (κ3) is 3.70. The van der Waals surface area contributed by atoms with Crippen molar-refractivity contribution in [3.63, 3.8) is 0 Å². The highest BCUT2D eigenvalue weighted by Crippen LogP contribution is 2.20. The van der Waals surface area contributed by atoms with Crippen molar-refractivity contribution in [1.29, 1.82) is 0 Å². The van der Waals surface area contributed by atoms with Crippen LogP contribution in [0.25, 0.3) is 0 Å². The van der Waals surface area contributed by atoms with Gasteiger partial charge in [0.2, 0.25) is 5.91 Å². The minimum absolute atomic E-state index is 0.181. The van der Waals surface area contributed by atoms with Gasteiger partial charge >= 0.3 is 6.03 Å². The minimum Gasteiger partial charge on any atom is -0.345 e. The molecule has 1 aromatic heterocycles. The highest BCUT2D eigenvalue weighted by molar-refractivity contribution is 7.08. The molecule has 1 atom stereocenters. The van der Waals surface area contributed by atoms with Gasteiger partial charge in [-0.3, -0.25) is 4.79 Å². The minimum atomic E-state index is -0.181. The van der Waals surface area contributed by atoms with E-state index in [2.05, 4.69) is 10.6 Å². The van der Waals surface area contributed by atoms with Crippen LogP contribution in [0.3, 0.4) is 0 Å². The maximum atomic E-state index is 11.7. The fraction of sp³-hybridized carbons (Fsp3) is 0.538. The van der Waals surface area contributed by atoms with E-state index in [-0.39, 0.29) is 11.9 Å².